The molecule has 9 nitrogen and oxygen atoms in total. The minimum atomic E-state index is -0.251. The highest BCUT2D eigenvalue weighted by Crippen LogP contribution is 2.43. The van der Waals surface area contributed by atoms with Crippen LogP contribution in [0, 0.1) is 5.41 Å². The molecule has 6 N–H and O–H groups in total. The number of piperidine rings is 1. The predicted molar refractivity (Wildman–Crippen MR) is 162 cm³/mol. The van der Waals surface area contributed by atoms with Crippen LogP contribution in [0.3, 0.4) is 0 Å². The zero-order valence-corrected chi connectivity index (χ0v) is 24.0. The van der Waals surface area contributed by atoms with E-state index in [4.69, 9.17) is 16.3 Å². The number of anilines is 1. The van der Waals surface area contributed by atoms with Crippen molar-refractivity contribution < 1.29 is 14.4 Å². The minimum absolute atomic E-state index is 0.0949. The van der Waals surface area contributed by atoms with Crippen molar-refractivity contribution >= 4 is 35.1 Å². The molecule has 1 spiro atoms. The van der Waals surface area contributed by atoms with Gasteiger partial charge < -0.3 is 22.1 Å². The average molecular weight is 559 g/mol. The molecule has 1 saturated heterocycles. The lowest BCUT2D eigenvalue weighted by atomic mass is 9.67. The number of fused-ring (bicyclic) bond motifs is 1. The summed E-state index contributed by atoms with van der Waals surface area (Å²) in [6, 6.07) is 13.0. The Hall–Kier alpha value is -3.69. The first-order valence-electron chi connectivity index (χ1n) is 14.8. The zero-order valence-electron chi connectivity index (χ0n) is 24.0. The van der Waals surface area contributed by atoms with Crippen LogP contribution in [-0.2, 0) is 16.2 Å². The molecular weight excluding hydrogens is 516 g/mol. The fourth-order valence-electron chi connectivity index (χ4n) is 6.12. The van der Waals surface area contributed by atoms with Gasteiger partial charge in [-0.25, -0.2) is 10.1 Å². The van der Waals surface area contributed by atoms with Crippen molar-refractivity contribution in [3.8, 4) is 0 Å². The van der Waals surface area contributed by atoms with Crippen molar-refractivity contribution in [2.45, 2.75) is 70.9 Å². The highest BCUT2D eigenvalue weighted by atomic mass is 16.7. The smallest absolute Gasteiger partial charge is 0.273 e. The number of nitrogens with one attached hydrogen (secondary N) is 2. The number of hydroxylamine groups is 2. The van der Waals surface area contributed by atoms with E-state index < -0.39 is 0 Å². The van der Waals surface area contributed by atoms with Crippen LogP contribution in [0.25, 0.3) is 6.08 Å². The van der Waals surface area contributed by atoms with Crippen LogP contribution in [0.2, 0.25) is 0 Å². The molecule has 1 saturated carbocycles. The molecule has 0 atom stereocenters. The molecule has 2 aromatic rings. The topological polar surface area (TPSA) is 135 Å². The van der Waals surface area contributed by atoms with Crippen LogP contribution in [-0.4, -0.2) is 48.4 Å². The van der Waals surface area contributed by atoms with Gasteiger partial charge in [-0.15, -0.1) is 0 Å². The van der Waals surface area contributed by atoms with E-state index in [2.05, 4.69) is 15.6 Å². The quantitative estimate of drug-likeness (QED) is 0.279. The van der Waals surface area contributed by atoms with Crippen LogP contribution >= 0.6 is 0 Å². The van der Waals surface area contributed by atoms with Gasteiger partial charge in [0.25, 0.3) is 11.8 Å². The van der Waals surface area contributed by atoms with E-state index >= 15 is 0 Å². The zero-order chi connectivity index (χ0) is 28.8. The highest BCUT2D eigenvalue weighted by molar-refractivity contribution is 6.05. The van der Waals surface area contributed by atoms with Crippen LogP contribution in [0.1, 0.15) is 79.8 Å². The van der Waals surface area contributed by atoms with Crippen molar-refractivity contribution in [1.29, 1.82) is 0 Å². The second kappa shape index (κ2) is 12.9. The van der Waals surface area contributed by atoms with Crippen LogP contribution in [0.4, 0.5) is 11.4 Å². The maximum absolute atomic E-state index is 13.5. The molecule has 2 heterocycles. The molecule has 0 bridgehead atoms. The largest absolute Gasteiger partial charge is 0.399 e. The van der Waals surface area contributed by atoms with Gasteiger partial charge in [0.05, 0.1) is 5.69 Å². The molecule has 0 aromatic heterocycles. The summed E-state index contributed by atoms with van der Waals surface area (Å²) in [7, 11) is 0. The lowest BCUT2D eigenvalue weighted by Gasteiger charge is -2.43. The Balaban J connectivity index is 1.25. The number of carbonyl (C=O) groups excluding carboxylic acids is 2. The standard InChI is InChI=1S/C32H42N6O3/c1-2-17-38(41-21-22-3-7-26(33)8-4-22)31(40)25-18-23-5-6-24(19-28(23)37-29(34)20-25)30(39)36-27-9-11-32(12-10-27)13-15-35-16-14-32/h3-8,18-19,27,35H,2,9-17,20-21,33H2,1H3,(H2,34,37)(H,36,39). The molecule has 3 aliphatic rings. The Morgan fingerprint density at radius 1 is 1.07 bits per heavy atom. The summed E-state index contributed by atoms with van der Waals surface area (Å²) >= 11 is 0. The minimum Gasteiger partial charge on any atom is -0.399 e. The number of aliphatic imine (C=N–C) groups is 1. The van der Waals surface area contributed by atoms with E-state index in [1.54, 1.807) is 30.3 Å². The Morgan fingerprint density at radius 2 is 1.80 bits per heavy atom. The Morgan fingerprint density at radius 3 is 2.51 bits per heavy atom. The molecule has 9 heteroatoms. The molecule has 0 unspecified atom stereocenters. The van der Waals surface area contributed by atoms with Gasteiger partial charge in [0.15, 0.2) is 0 Å². The molecule has 0 radical (unpaired) electrons. The predicted octanol–water partition coefficient (Wildman–Crippen LogP) is 4.46. The number of hydrogen-bond acceptors (Lipinski definition) is 7. The number of amides is 2. The first-order valence-corrected chi connectivity index (χ1v) is 14.8. The van der Waals surface area contributed by atoms with Gasteiger partial charge in [-0.3, -0.25) is 14.4 Å². The highest BCUT2D eigenvalue weighted by Gasteiger charge is 2.36. The van der Waals surface area contributed by atoms with E-state index in [0.717, 1.165) is 43.5 Å². The molecule has 2 fully saturated rings. The molecule has 5 rings (SSSR count). The second-order valence-electron chi connectivity index (χ2n) is 11.6. The van der Waals surface area contributed by atoms with Crippen LogP contribution in [0.15, 0.2) is 53.0 Å². The summed E-state index contributed by atoms with van der Waals surface area (Å²) in [6.07, 6.45) is 9.59. The number of amidine groups is 1. The summed E-state index contributed by atoms with van der Waals surface area (Å²) in [5, 5.41) is 8.10. The fourth-order valence-corrected chi connectivity index (χ4v) is 6.12. The number of nitrogens with zero attached hydrogens (tertiary/aromatic N) is 2. The van der Waals surface area contributed by atoms with Gasteiger partial charge in [0, 0.05) is 41.4 Å². The first kappa shape index (κ1) is 28.8. The average Bonchev–Trinajstić information content (AvgIpc) is 3.15. The molecule has 218 valence electrons. The second-order valence-corrected chi connectivity index (χ2v) is 11.6. The molecule has 1 aliphatic carbocycles. The summed E-state index contributed by atoms with van der Waals surface area (Å²) in [5.74, 6) is -0.0306. The molecule has 2 aromatic carbocycles. The van der Waals surface area contributed by atoms with Gasteiger partial charge in [-0.2, -0.15) is 0 Å². The van der Waals surface area contributed by atoms with E-state index in [0.29, 0.717) is 40.3 Å². The van der Waals surface area contributed by atoms with Crippen LogP contribution < -0.4 is 22.1 Å². The third kappa shape index (κ3) is 7.15. The normalized spacial score (nSPS) is 18.6. The number of carbonyl (C=O) groups is 2. The van der Waals surface area contributed by atoms with Crippen molar-refractivity contribution in [2.75, 3.05) is 25.4 Å². The molecule has 41 heavy (non-hydrogen) atoms. The lowest BCUT2D eigenvalue weighted by molar-refractivity contribution is -0.187. The molecular formula is C32H42N6O3. The summed E-state index contributed by atoms with van der Waals surface area (Å²) < 4.78 is 0. The molecule has 2 amide bonds. The first-order chi connectivity index (χ1) is 19.8. The Bertz CT molecular complexity index is 1300. The summed E-state index contributed by atoms with van der Waals surface area (Å²) in [6.45, 7) is 4.88. The van der Waals surface area contributed by atoms with Crippen molar-refractivity contribution in [1.82, 2.24) is 15.7 Å². The monoisotopic (exact) mass is 558 g/mol. The number of hydrogen-bond donors (Lipinski definition) is 4. The van der Waals surface area contributed by atoms with E-state index in [1.807, 2.05) is 25.1 Å². The van der Waals surface area contributed by atoms with Crippen molar-refractivity contribution in [3.63, 3.8) is 0 Å². The lowest BCUT2D eigenvalue weighted by Crippen LogP contribution is -2.44. The Kier molecular flexibility index (Phi) is 9.05. The maximum Gasteiger partial charge on any atom is 0.273 e. The maximum atomic E-state index is 13.5. The Labute approximate surface area is 242 Å². The van der Waals surface area contributed by atoms with Crippen molar-refractivity contribution in [2.24, 2.45) is 16.1 Å². The number of rotatable bonds is 8. The van der Waals surface area contributed by atoms with Gasteiger partial charge in [0.1, 0.15) is 12.4 Å². The van der Waals surface area contributed by atoms with E-state index in [1.165, 1.54) is 30.7 Å². The van der Waals surface area contributed by atoms with Gasteiger partial charge in [-0.1, -0.05) is 25.1 Å². The fraction of sp³-hybridized carbons (Fsp3) is 0.469. The molecule has 2 aliphatic heterocycles. The third-order valence-electron chi connectivity index (χ3n) is 8.60. The van der Waals surface area contributed by atoms with Gasteiger partial charge in [0.2, 0.25) is 0 Å². The number of nitrogen functional groups attached to an aromatic ring is 1. The number of benzene rings is 2. The third-order valence-corrected chi connectivity index (χ3v) is 8.60. The van der Waals surface area contributed by atoms with Crippen molar-refractivity contribution in [3.05, 3.63) is 64.7 Å². The SMILES string of the molecule is CCCN(OCc1ccc(N)cc1)C(=O)C1=Cc2ccc(C(=O)NC3CCC4(CCNCC4)CC3)cc2N=C(N)C1. The number of nitrogens with two attached hydrogens (primary N) is 2. The van der Waals surface area contributed by atoms with Crippen LogP contribution in [0.5, 0.6) is 0 Å². The van der Waals surface area contributed by atoms with E-state index in [9.17, 15) is 9.59 Å². The summed E-state index contributed by atoms with van der Waals surface area (Å²) in [5.41, 5.74) is 16.4. The summed E-state index contributed by atoms with van der Waals surface area (Å²) in [4.78, 5) is 37.2. The van der Waals surface area contributed by atoms with Gasteiger partial charge >= 0.3 is 0 Å². The van der Waals surface area contributed by atoms with Gasteiger partial charge in [-0.05, 0) is 99.4 Å². The van der Waals surface area contributed by atoms with E-state index in [-0.39, 0.29) is 30.9 Å².